The number of carbonyl (C=O) groups is 3. The maximum atomic E-state index is 13.8. The van der Waals surface area contributed by atoms with Crippen molar-refractivity contribution in [2.45, 2.75) is 32.6 Å². The lowest BCUT2D eigenvalue weighted by Crippen LogP contribution is -2.41. The number of unbranched alkanes of at least 4 members (excludes halogenated alkanes) is 1. The highest BCUT2D eigenvalue weighted by Crippen LogP contribution is 2.25. The topological polar surface area (TPSA) is 97.6 Å². The highest BCUT2D eigenvalue weighted by atomic mass is 19.1. The molecule has 0 aliphatic heterocycles. The van der Waals surface area contributed by atoms with E-state index in [2.05, 4.69) is 10.6 Å². The molecule has 2 aromatic rings. The number of ether oxygens (including phenoxy) is 1. The fourth-order valence-corrected chi connectivity index (χ4v) is 2.35. The Hall–Kier alpha value is -3.16. The molecule has 0 spiro atoms. The molecule has 0 fully saturated rings. The van der Waals surface area contributed by atoms with Crippen LogP contribution in [0.2, 0.25) is 0 Å². The average molecular weight is 390 g/mol. The van der Waals surface area contributed by atoms with Gasteiger partial charge in [0.05, 0.1) is 12.0 Å². The molecule has 0 unspecified atom stereocenters. The second-order valence-corrected chi connectivity index (χ2v) is 6.06. The predicted octanol–water partition coefficient (Wildman–Crippen LogP) is 3.19. The number of nitrogens with one attached hydrogen (secondary N) is 2. The molecule has 2 rings (SSSR count). The summed E-state index contributed by atoms with van der Waals surface area (Å²) in [5, 5.41) is 4.59. The highest BCUT2D eigenvalue weighted by molar-refractivity contribution is 5.95. The number of carbonyl (C=O) groups excluding carboxylic acids is 3. The van der Waals surface area contributed by atoms with Crippen LogP contribution in [-0.4, -0.2) is 31.1 Å². The van der Waals surface area contributed by atoms with Crippen LogP contribution in [-0.2, 0) is 20.7 Å². The van der Waals surface area contributed by atoms with Crippen molar-refractivity contribution in [3.8, 4) is 11.3 Å². The largest absolute Gasteiger partial charge is 0.461 e. The molecule has 3 amide bonds. The van der Waals surface area contributed by atoms with Gasteiger partial charge in [-0.3, -0.25) is 14.9 Å². The molecule has 0 atom stereocenters. The number of imide groups is 1. The van der Waals surface area contributed by atoms with Crippen molar-refractivity contribution >= 4 is 17.9 Å². The van der Waals surface area contributed by atoms with Gasteiger partial charge >= 0.3 is 12.0 Å². The van der Waals surface area contributed by atoms with E-state index in [0.717, 1.165) is 12.8 Å². The van der Waals surface area contributed by atoms with Crippen LogP contribution in [0.3, 0.4) is 0 Å². The molecule has 0 radical (unpaired) electrons. The van der Waals surface area contributed by atoms with Crippen molar-refractivity contribution in [2.75, 3.05) is 13.2 Å². The number of esters is 1. The Kier molecular flexibility index (Phi) is 8.20. The zero-order valence-corrected chi connectivity index (χ0v) is 15.6. The number of aryl methyl sites for hydroxylation is 1. The summed E-state index contributed by atoms with van der Waals surface area (Å²) in [4.78, 5) is 34.7. The average Bonchev–Trinajstić information content (AvgIpc) is 3.14. The number of amides is 3. The standard InChI is InChI=1S/C20H23FN2O5/c1-2-3-12-22-20(26)23-18(24)13-27-19(25)11-9-14-8-10-17(28-14)15-6-4-5-7-16(15)21/h4-8,10H,2-3,9,11-13H2,1H3,(H2,22,23,24,26). The zero-order chi connectivity index (χ0) is 20.4. The summed E-state index contributed by atoms with van der Waals surface area (Å²) in [7, 11) is 0. The van der Waals surface area contributed by atoms with E-state index in [1.54, 1.807) is 30.3 Å². The predicted molar refractivity (Wildman–Crippen MR) is 99.8 cm³/mol. The molecule has 7 nitrogen and oxygen atoms in total. The third-order valence-electron chi connectivity index (χ3n) is 3.81. The fourth-order valence-electron chi connectivity index (χ4n) is 2.35. The number of benzene rings is 1. The number of halogens is 1. The third kappa shape index (κ3) is 6.86. The fraction of sp³-hybridized carbons (Fsp3) is 0.350. The number of hydrogen-bond donors (Lipinski definition) is 2. The molecule has 8 heteroatoms. The van der Waals surface area contributed by atoms with E-state index in [1.807, 2.05) is 6.92 Å². The maximum Gasteiger partial charge on any atom is 0.321 e. The first-order valence-electron chi connectivity index (χ1n) is 9.06. The lowest BCUT2D eigenvalue weighted by molar-refractivity contribution is -0.148. The Bertz CT molecular complexity index is 818. The van der Waals surface area contributed by atoms with Gasteiger partial charge in [-0.25, -0.2) is 9.18 Å². The first-order valence-corrected chi connectivity index (χ1v) is 9.06. The van der Waals surface area contributed by atoms with Gasteiger partial charge in [-0.15, -0.1) is 0 Å². The molecular formula is C20H23FN2O5. The van der Waals surface area contributed by atoms with Crippen LogP contribution in [0.25, 0.3) is 11.3 Å². The normalized spacial score (nSPS) is 10.4. The number of rotatable bonds is 9. The van der Waals surface area contributed by atoms with Crippen LogP contribution in [0.5, 0.6) is 0 Å². The third-order valence-corrected chi connectivity index (χ3v) is 3.81. The SMILES string of the molecule is CCCCNC(=O)NC(=O)COC(=O)CCc1ccc(-c2ccccc2F)o1. The van der Waals surface area contributed by atoms with Crippen molar-refractivity contribution in [3.05, 3.63) is 48.0 Å². The molecule has 2 N–H and O–H groups in total. The van der Waals surface area contributed by atoms with Crippen molar-refractivity contribution in [2.24, 2.45) is 0 Å². The van der Waals surface area contributed by atoms with Gasteiger partial charge in [-0.1, -0.05) is 25.5 Å². The summed E-state index contributed by atoms with van der Waals surface area (Å²) in [6, 6.07) is 8.89. The van der Waals surface area contributed by atoms with E-state index < -0.39 is 30.3 Å². The van der Waals surface area contributed by atoms with Crippen LogP contribution in [0, 0.1) is 5.82 Å². The van der Waals surface area contributed by atoms with Gasteiger partial charge < -0.3 is 14.5 Å². The number of hydrogen-bond acceptors (Lipinski definition) is 5. The summed E-state index contributed by atoms with van der Waals surface area (Å²) >= 11 is 0. The summed E-state index contributed by atoms with van der Waals surface area (Å²) in [5.74, 6) is -0.843. The highest BCUT2D eigenvalue weighted by Gasteiger charge is 2.13. The van der Waals surface area contributed by atoms with Crippen LogP contribution >= 0.6 is 0 Å². The Morgan fingerprint density at radius 3 is 2.68 bits per heavy atom. The first kappa shape index (κ1) is 21.1. The summed E-state index contributed by atoms with van der Waals surface area (Å²) < 4.78 is 24.1. The molecule has 150 valence electrons. The van der Waals surface area contributed by atoms with Gasteiger partial charge in [0.25, 0.3) is 5.91 Å². The van der Waals surface area contributed by atoms with Gasteiger partial charge in [-0.2, -0.15) is 0 Å². The monoisotopic (exact) mass is 390 g/mol. The van der Waals surface area contributed by atoms with Crippen LogP contribution in [0.15, 0.2) is 40.8 Å². The molecule has 28 heavy (non-hydrogen) atoms. The van der Waals surface area contributed by atoms with Crippen LogP contribution in [0.4, 0.5) is 9.18 Å². The Balaban J connectivity index is 1.71. The minimum absolute atomic E-state index is 0.0137. The molecule has 1 aromatic heterocycles. The molecule has 1 heterocycles. The molecule has 0 aliphatic rings. The Labute approximate surface area is 162 Å². The van der Waals surface area contributed by atoms with Gasteiger partial charge in [0.1, 0.15) is 17.3 Å². The minimum Gasteiger partial charge on any atom is -0.461 e. The second-order valence-electron chi connectivity index (χ2n) is 6.06. The first-order chi connectivity index (χ1) is 13.5. The number of furan rings is 1. The van der Waals surface area contributed by atoms with E-state index in [4.69, 9.17) is 9.15 Å². The lowest BCUT2D eigenvalue weighted by Gasteiger charge is -2.07. The summed E-state index contributed by atoms with van der Waals surface area (Å²) in [6.07, 6.45) is 1.96. The summed E-state index contributed by atoms with van der Waals surface area (Å²) in [6.45, 7) is 1.90. The molecular weight excluding hydrogens is 367 g/mol. The molecule has 0 aliphatic carbocycles. The van der Waals surface area contributed by atoms with Crippen molar-refractivity contribution < 1.29 is 27.9 Å². The van der Waals surface area contributed by atoms with Crippen molar-refractivity contribution in [1.29, 1.82) is 0 Å². The van der Waals surface area contributed by atoms with E-state index >= 15 is 0 Å². The van der Waals surface area contributed by atoms with Gasteiger partial charge in [-0.05, 0) is 30.7 Å². The van der Waals surface area contributed by atoms with Crippen molar-refractivity contribution in [1.82, 2.24) is 10.6 Å². The zero-order valence-electron chi connectivity index (χ0n) is 15.6. The Morgan fingerprint density at radius 2 is 1.93 bits per heavy atom. The lowest BCUT2D eigenvalue weighted by atomic mass is 10.1. The van der Waals surface area contributed by atoms with E-state index in [9.17, 15) is 18.8 Å². The van der Waals surface area contributed by atoms with Crippen LogP contribution < -0.4 is 10.6 Å². The smallest absolute Gasteiger partial charge is 0.321 e. The molecule has 0 saturated carbocycles. The van der Waals surface area contributed by atoms with E-state index in [1.165, 1.54) is 6.07 Å². The molecule has 1 aromatic carbocycles. The van der Waals surface area contributed by atoms with Crippen molar-refractivity contribution in [3.63, 3.8) is 0 Å². The van der Waals surface area contributed by atoms with Crippen LogP contribution in [0.1, 0.15) is 31.9 Å². The Morgan fingerprint density at radius 1 is 1.14 bits per heavy atom. The summed E-state index contributed by atoms with van der Waals surface area (Å²) in [5.41, 5.74) is 0.338. The van der Waals surface area contributed by atoms with Gasteiger partial charge in [0.15, 0.2) is 6.61 Å². The second kappa shape index (κ2) is 10.9. The van der Waals surface area contributed by atoms with E-state index in [-0.39, 0.29) is 12.8 Å². The van der Waals surface area contributed by atoms with Gasteiger partial charge in [0.2, 0.25) is 0 Å². The molecule has 0 saturated heterocycles. The minimum atomic E-state index is -0.706. The van der Waals surface area contributed by atoms with E-state index in [0.29, 0.717) is 23.6 Å². The number of urea groups is 1. The quantitative estimate of drug-likeness (QED) is 0.506. The van der Waals surface area contributed by atoms with Gasteiger partial charge in [0, 0.05) is 13.0 Å². The molecule has 0 bridgehead atoms. The maximum absolute atomic E-state index is 13.8.